The van der Waals surface area contributed by atoms with E-state index in [2.05, 4.69) is 24.4 Å². The number of esters is 2. The fourth-order valence-corrected chi connectivity index (χ4v) is 4.34. The number of hydrogen-bond acceptors (Lipinski definition) is 11. The van der Waals surface area contributed by atoms with Crippen LogP contribution in [0.3, 0.4) is 0 Å². The highest BCUT2D eigenvalue weighted by molar-refractivity contribution is 6.28. The molecule has 0 fully saturated rings. The third-order valence-corrected chi connectivity index (χ3v) is 6.28. The van der Waals surface area contributed by atoms with E-state index in [1.54, 1.807) is 11.7 Å². The number of nitrogens with one attached hydrogen (secondary N) is 1. The number of imidazole rings is 2. The number of methoxy groups -OCH3 is 3. The molecule has 14 nitrogen and oxygen atoms in total. The van der Waals surface area contributed by atoms with Crippen molar-refractivity contribution in [1.82, 2.24) is 19.1 Å². The van der Waals surface area contributed by atoms with Crippen LogP contribution in [0, 0.1) is 0 Å². The lowest BCUT2D eigenvalue weighted by Gasteiger charge is -2.03. The number of nitrogens with zero attached hydrogens (tertiary/aromatic N) is 4. The Hall–Kier alpha value is -3.20. The van der Waals surface area contributed by atoms with Crippen molar-refractivity contribution in [2.24, 2.45) is 4.99 Å². The van der Waals surface area contributed by atoms with E-state index >= 15 is 0 Å². The number of carbonyl (C=O) groups is 2. The van der Waals surface area contributed by atoms with Crippen molar-refractivity contribution < 1.29 is 38.0 Å². The molecule has 39 heavy (non-hydrogen) atoms. The van der Waals surface area contributed by atoms with Gasteiger partial charge in [-0.25, -0.2) is 19.4 Å². The van der Waals surface area contributed by atoms with Crippen molar-refractivity contribution in [3.05, 3.63) is 38.5 Å². The van der Waals surface area contributed by atoms with Gasteiger partial charge < -0.3 is 33.0 Å². The van der Waals surface area contributed by atoms with E-state index in [0.717, 1.165) is 37.8 Å². The molecule has 2 aromatic heterocycles. The first-order chi connectivity index (χ1) is 18.9. The molecule has 0 bridgehead atoms. The maximum absolute atomic E-state index is 11.5. The molecule has 3 aliphatic rings. The van der Waals surface area contributed by atoms with Gasteiger partial charge in [0.05, 0.1) is 85.4 Å². The molecule has 0 saturated heterocycles. The molecular formula is C24H34ClN5O9. The minimum absolute atomic E-state index is 0.244. The zero-order valence-electron chi connectivity index (χ0n) is 22.3. The molecule has 0 spiro atoms. The topological polar surface area (TPSA) is 157 Å². The molecular weight excluding hydrogens is 538 g/mol. The summed E-state index contributed by atoms with van der Waals surface area (Å²) in [5.74, 6) is -0.150. The molecule has 216 valence electrons. The highest BCUT2D eigenvalue weighted by Gasteiger charge is 2.23. The Balaban J connectivity index is 0.000000167. The van der Waals surface area contributed by atoms with Crippen molar-refractivity contribution in [2.75, 3.05) is 67.5 Å². The second-order valence-electron chi connectivity index (χ2n) is 8.28. The number of aromatic nitrogens is 4. The number of ether oxygens (including phenoxy) is 6. The summed E-state index contributed by atoms with van der Waals surface area (Å²) >= 11 is 5.92. The molecule has 3 aliphatic heterocycles. The van der Waals surface area contributed by atoms with E-state index in [1.165, 1.54) is 18.8 Å². The summed E-state index contributed by atoms with van der Waals surface area (Å²) in [6, 6.07) is 0. The van der Waals surface area contributed by atoms with Gasteiger partial charge in [0.2, 0.25) is 5.28 Å². The minimum atomic E-state index is -0.511. The molecule has 0 amide bonds. The molecule has 0 aliphatic carbocycles. The molecule has 5 heterocycles. The van der Waals surface area contributed by atoms with Crippen molar-refractivity contribution >= 4 is 29.4 Å². The van der Waals surface area contributed by atoms with Crippen LogP contribution in [0.25, 0.3) is 0 Å². The standard InChI is InChI=1S/C9H11ClN2O3.C9H12N2O4.C6H11NO2/c1-14-8(13)7-6-2-4-15-5-3-12(6)9(10)11-7;1-14-8(12)7-6-2-4-15-5-3-11(6)9(13)10-7;1-8-6-2-4-9-5-3-7-6/h2-5H2,1H3;2-5H2,1H3,(H,10,13);2-5H2,1H3. The second-order valence-corrected chi connectivity index (χ2v) is 8.62. The Morgan fingerprint density at radius 2 is 1.46 bits per heavy atom. The summed E-state index contributed by atoms with van der Waals surface area (Å²) in [7, 11) is 4.26. The second kappa shape index (κ2) is 15.4. The van der Waals surface area contributed by atoms with E-state index in [1.807, 2.05) is 0 Å². The number of fused-ring (bicyclic) bond motifs is 2. The van der Waals surface area contributed by atoms with Gasteiger partial charge in [-0.05, 0) is 11.6 Å². The van der Waals surface area contributed by atoms with Gasteiger partial charge >= 0.3 is 17.6 Å². The van der Waals surface area contributed by atoms with E-state index in [9.17, 15) is 14.4 Å². The number of aromatic amines is 1. The first kappa shape index (κ1) is 30.3. The van der Waals surface area contributed by atoms with Crippen LogP contribution in [0.15, 0.2) is 9.79 Å². The van der Waals surface area contributed by atoms with Crippen molar-refractivity contribution in [2.45, 2.75) is 32.4 Å². The van der Waals surface area contributed by atoms with Gasteiger partial charge in [-0.15, -0.1) is 0 Å². The highest BCUT2D eigenvalue weighted by Crippen LogP contribution is 2.20. The largest absolute Gasteiger partial charge is 0.484 e. The highest BCUT2D eigenvalue weighted by atomic mass is 35.5. The average Bonchev–Trinajstić information content (AvgIpc) is 3.24. The molecule has 0 unspecified atom stereocenters. The van der Waals surface area contributed by atoms with Crippen LogP contribution in [-0.2, 0) is 54.4 Å². The summed E-state index contributed by atoms with van der Waals surface area (Å²) in [5.41, 5.74) is 1.73. The molecule has 1 N–H and O–H groups in total. The third kappa shape index (κ3) is 8.14. The molecule has 0 saturated carbocycles. The van der Waals surface area contributed by atoms with Crippen molar-refractivity contribution in [3.8, 4) is 0 Å². The summed E-state index contributed by atoms with van der Waals surface area (Å²) < 4.78 is 33.2. The predicted octanol–water partition coefficient (Wildman–Crippen LogP) is 0.883. The van der Waals surface area contributed by atoms with Gasteiger partial charge in [0.15, 0.2) is 11.6 Å². The Kier molecular flexibility index (Phi) is 12.0. The van der Waals surface area contributed by atoms with Crippen LogP contribution in [0.5, 0.6) is 0 Å². The molecule has 5 rings (SSSR count). The molecule has 0 atom stereocenters. The van der Waals surface area contributed by atoms with Gasteiger partial charge in [0.1, 0.15) is 5.69 Å². The smallest absolute Gasteiger partial charge is 0.358 e. The quantitative estimate of drug-likeness (QED) is 0.513. The normalized spacial score (nSPS) is 16.7. The fourth-order valence-electron chi connectivity index (χ4n) is 4.06. The Labute approximate surface area is 230 Å². The van der Waals surface area contributed by atoms with Crippen LogP contribution in [-0.4, -0.2) is 104 Å². The number of carbonyl (C=O) groups excluding carboxylic acids is 2. The van der Waals surface area contributed by atoms with E-state index in [-0.39, 0.29) is 11.4 Å². The fraction of sp³-hybridized carbons (Fsp3) is 0.625. The number of halogens is 1. The molecule has 0 radical (unpaired) electrons. The van der Waals surface area contributed by atoms with E-state index in [0.29, 0.717) is 69.0 Å². The number of rotatable bonds is 2. The van der Waals surface area contributed by atoms with Gasteiger partial charge in [-0.3, -0.25) is 14.5 Å². The Morgan fingerprint density at radius 1 is 0.846 bits per heavy atom. The Morgan fingerprint density at radius 3 is 2.13 bits per heavy atom. The molecule has 15 heteroatoms. The van der Waals surface area contributed by atoms with Gasteiger partial charge in [0.25, 0.3) is 0 Å². The lowest BCUT2D eigenvalue weighted by atomic mass is 10.2. The minimum Gasteiger partial charge on any atom is -0.484 e. The van der Waals surface area contributed by atoms with E-state index < -0.39 is 11.9 Å². The summed E-state index contributed by atoms with van der Waals surface area (Å²) in [4.78, 5) is 44.9. The average molecular weight is 572 g/mol. The van der Waals surface area contributed by atoms with Crippen LogP contribution < -0.4 is 5.69 Å². The summed E-state index contributed by atoms with van der Waals surface area (Å²) in [5, 5.41) is 0.316. The monoisotopic (exact) mass is 571 g/mol. The van der Waals surface area contributed by atoms with Gasteiger partial charge in [-0.1, -0.05) is 0 Å². The zero-order chi connectivity index (χ0) is 28.2. The molecule has 0 aromatic carbocycles. The number of H-pyrrole nitrogens is 1. The van der Waals surface area contributed by atoms with Gasteiger partial charge in [-0.2, -0.15) is 0 Å². The maximum Gasteiger partial charge on any atom is 0.358 e. The van der Waals surface area contributed by atoms with Crippen LogP contribution in [0.1, 0.15) is 38.8 Å². The lowest BCUT2D eigenvalue weighted by molar-refractivity contribution is 0.0584. The predicted molar refractivity (Wildman–Crippen MR) is 139 cm³/mol. The Bertz CT molecular complexity index is 1200. The summed E-state index contributed by atoms with van der Waals surface area (Å²) in [6.45, 7) is 5.48. The van der Waals surface area contributed by atoms with Crippen LogP contribution >= 0.6 is 11.6 Å². The maximum atomic E-state index is 11.5. The van der Waals surface area contributed by atoms with Crippen LogP contribution in [0.4, 0.5) is 0 Å². The number of aliphatic imine (C=N–C) groups is 1. The van der Waals surface area contributed by atoms with Crippen LogP contribution in [0.2, 0.25) is 5.28 Å². The first-order valence-corrected chi connectivity index (χ1v) is 12.8. The first-order valence-electron chi connectivity index (χ1n) is 12.4. The lowest BCUT2D eigenvalue weighted by Crippen LogP contribution is -2.19. The summed E-state index contributed by atoms with van der Waals surface area (Å²) in [6.07, 6.45) is 1.99. The third-order valence-electron chi connectivity index (χ3n) is 5.99. The van der Waals surface area contributed by atoms with Crippen molar-refractivity contribution in [3.63, 3.8) is 0 Å². The SMILES string of the molecule is COC(=O)c1[nH]c(=O)n2c1CCOCC2.COC(=O)c1nc(Cl)n2c1CCOCC2.COC1=NCCOCC1. The molecule has 2 aromatic rings. The number of hydrogen-bond donors (Lipinski definition) is 1. The van der Waals surface area contributed by atoms with Gasteiger partial charge in [0, 0.05) is 25.8 Å². The zero-order valence-corrected chi connectivity index (χ0v) is 23.1. The van der Waals surface area contributed by atoms with E-state index in [4.69, 9.17) is 30.5 Å². The van der Waals surface area contributed by atoms with Crippen molar-refractivity contribution in [1.29, 1.82) is 0 Å².